The molecule has 2 aromatic carbocycles. The number of hydrogen-bond donors (Lipinski definition) is 1. The number of nitrogens with one attached hydrogen (secondary N) is 1. The van der Waals surface area contributed by atoms with Crippen molar-refractivity contribution in [3.63, 3.8) is 0 Å². The number of rotatable bonds is 2. The van der Waals surface area contributed by atoms with E-state index in [0.29, 0.717) is 5.56 Å². The molecule has 2 aromatic heterocycles. The van der Waals surface area contributed by atoms with Crippen LogP contribution in [-0.2, 0) is 0 Å². The normalized spacial score (nSPS) is 11.0. The van der Waals surface area contributed by atoms with E-state index in [4.69, 9.17) is 4.98 Å². The van der Waals surface area contributed by atoms with E-state index in [9.17, 15) is 4.79 Å². The Morgan fingerprint density at radius 1 is 0.920 bits per heavy atom. The second-order valence-corrected chi connectivity index (χ2v) is 6.21. The van der Waals surface area contributed by atoms with Crippen molar-refractivity contribution >= 4 is 11.0 Å². The Kier molecular flexibility index (Phi) is 3.65. The first kappa shape index (κ1) is 15.3. The maximum absolute atomic E-state index is 12.2. The molecule has 0 radical (unpaired) electrons. The molecule has 0 bridgehead atoms. The summed E-state index contributed by atoms with van der Waals surface area (Å²) in [5.74, 6) is 0. The van der Waals surface area contributed by atoms with Crippen LogP contribution in [0.2, 0.25) is 0 Å². The number of aromatic nitrogens is 3. The van der Waals surface area contributed by atoms with Gasteiger partial charge in [0.1, 0.15) is 0 Å². The quantitative estimate of drug-likeness (QED) is 0.598. The van der Waals surface area contributed by atoms with Gasteiger partial charge in [0.15, 0.2) is 0 Å². The number of nitrogens with zero attached hydrogens (tertiary/aromatic N) is 2. The Bertz CT molecular complexity index is 1130. The minimum Gasteiger partial charge on any atom is -0.329 e. The van der Waals surface area contributed by atoms with Gasteiger partial charge in [-0.05, 0) is 43.7 Å². The van der Waals surface area contributed by atoms with Gasteiger partial charge < -0.3 is 4.98 Å². The zero-order valence-corrected chi connectivity index (χ0v) is 14.1. The van der Waals surface area contributed by atoms with E-state index in [1.54, 1.807) is 12.4 Å². The molecule has 1 N–H and O–H groups in total. The van der Waals surface area contributed by atoms with Crippen LogP contribution in [-0.4, -0.2) is 15.0 Å². The van der Waals surface area contributed by atoms with E-state index in [2.05, 4.69) is 29.0 Å². The summed E-state index contributed by atoms with van der Waals surface area (Å²) in [6, 6.07) is 15.8. The second kappa shape index (κ2) is 5.98. The summed E-state index contributed by atoms with van der Waals surface area (Å²) in [7, 11) is 0. The zero-order valence-electron chi connectivity index (χ0n) is 14.1. The third kappa shape index (κ3) is 2.83. The SMILES string of the molecule is Cc1ccc(-c2cnc3c(-c4ccc[nH]c4=O)cc(C)cc3n2)cc1. The van der Waals surface area contributed by atoms with Crippen molar-refractivity contribution in [2.24, 2.45) is 0 Å². The maximum Gasteiger partial charge on any atom is 0.255 e. The number of pyridine rings is 1. The molecule has 0 spiro atoms. The van der Waals surface area contributed by atoms with E-state index < -0.39 is 0 Å². The lowest BCUT2D eigenvalue weighted by atomic mass is 10.0. The highest BCUT2D eigenvalue weighted by Gasteiger charge is 2.12. The number of benzene rings is 2. The maximum atomic E-state index is 12.2. The topological polar surface area (TPSA) is 58.6 Å². The van der Waals surface area contributed by atoms with Crippen LogP contribution in [0, 0.1) is 13.8 Å². The van der Waals surface area contributed by atoms with Gasteiger partial charge >= 0.3 is 0 Å². The van der Waals surface area contributed by atoms with E-state index in [0.717, 1.165) is 33.4 Å². The zero-order chi connectivity index (χ0) is 17.4. The van der Waals surface area contributed by atoms with Crippen LogP contribution in [0.4, 0.5) is 0 Å². The highest BCUT2D eigenvalue weighted by molar-refractivity contribution is 5.92. The fourth-order valence-corrected chi connectivity index (χ4v) is 2.97. The van der Waals surface area contributed by atoms with Gasteiger partial charge in [0.2, 0.25) is 0 Å². The Hall–Kier alpha value is -3.27. The molecule has 0 unspecified atom stereocenters. The second-order valence-electron chi connectivity index (χ2n) is 6.21. The Morgan fingerprint density at radius 3 is 2.48 bits per heavy atom. The lowest BCUT2D eigenvalue weighted by Gasteiger charge is -2.09. The molecule has 0 amide bonds. The molecule has 122 valence electrons. The lowest BCUT2D eigenvalue weighted by Crippen LogP contribution is -2.07. The number of H-pyrrole nitrogens is 1. The van der Waals surface area contributed by atoms with Crippen molar-refractivity contribution in [3.8, 4) is 22.4 Å². The monoisotopic (exact) mass is 327 g/mol. The first-order valence-corrected chi connectivity index (χ1v) is 8.14. The molecule has 4 rings (SSSR count). The fraction of sp³-hybridized carbons (Fsp3) is 0.0952. The van der Waals surface area contributed by atoms with Crippen LogP contribution in [0.1, 0.15) is 11.1 Å². The number of aromatic amines is 1. The van der Waals surface area contributed by atoms with Crippen LogP contribution in [0.25, 0.3) is 33.4 Å². The molecule has 0 aliphatic rings. The summed E-state index contributed by atoms with van der Waals surface area (Å²) in [6.07, 6.45) is 3.40. The van der Waals surface area contributed by atoms with Crippen molar-refractivity contribution in [1.29, 1.82) is 0 Å². The Labute approximate surface area is 145 Å². The molecule has 2 heterocycles. The summed E-state index contributed by atoms with van der Waals surface area (Å²) in [5.41, 5.74) is 6.91. The van der Waals surface area contributed by atoms with Gasteiger partial charge in [0.05, 0.1) is 22.9 Å². The van der Waals surface area contributed by atoms with Gasteiger partial charge in [-0.1, -0.05) is 29.8 Å². The van der Waals surface area contributed by atoms with Gasteiger partial charge in [-0.2, -0.15) is 0 Å². The lowest BCUT2D eigenvalue weighted by molar-refractivity contribution is 1.23. The third-order valence-corrected chi connectivity index (χ3v) is 4.25. The predicted molar refractivity (Wildman–Crippen MR) is 101 cm³/mol. The largest absolute Gasteiger partial charge is 0.329 e. The van der Waals surface area contributed by atoms with Crippen molar-refractivity contribution < 1.29 is 0 Å². The summed E-state index contributed by atoms with van der Waals surface area (Å²) >= 11 is 0. The molecular formula is C21H17N3O. The highest BCUT2D eigenvalue weighted by Crippen LogP contribution is 2.27. The molecule has 0 fully saturated rings. The van der Waals surface area contributed by atoms with Crippen molar-refractivity contribution in [3.05, 3.63) is 82.4 Å². The van der Waals surface area contributed by atoms with Crippen LogP contribution in [0.15, 0.2) is 65.7 Å². The molecule has 0 saturated carbocycles. The molecule has 0 aliphatic heterocycles. The summed E-state index contributed by atoms with van der Waals surface area (Å²) < 4.78 is 0. The molecule has 4 aromatic rings. The molecule has 4 heteroatoms. The highest BCUT2D eigenvalue weighted by atomic mass is 16.1. The number of aryl methyl sites for hydroxylation is 2. The minimum atomic E-state index is -0.126. The summed E-state index contributed by atoms with van der Waals surface area (Å²) in [4.78, 5) is 24.3. The molecule has 0 atom stereocenters. The molecule has 25 heavy (non-hydrogen) atoms. The van der Waals surface area contributed by atoms with Crippen LogP contribution in [0.3, 0.4) is 0 Å². The summed E-state index contributed by atoms with van der Waals surface area (Å²) in [6.45, 7) is 4.06. The first-order valence-electron chi connectivity index (χ1n) is 8.14. The van der Waals surface area contributed by atoms with Crippen LogP contribution < -0.4 is 5.56 Å². The van der Waals surface area contributed by atoms with E-state index in [1.165, 1.54) is 5.56 Å². The third-order valence-electron chi connectivity index (χ3n) is 4.25. The fourth-order valence-electron chi connectivity index (χ4n) is 2.97. The van der Waals surface area contributed by atoms with Crippen molar-refractivity contribution in [2.75, 3.05) is 0 Å². The molecule has 0 saturated heterocycles. The van der Waals surface area contributed by atoms with Gasteiger partial charge in [-0.15, -0.1) is 0 Å². The first-order chi connectivity index (χ1) is 12.1. The molecule has 4 nitrogen and oxygen atoms in total. The van der Waals surface area contributed by atoms with Crippen molar-refractivity contribution in [2.45, 2.75) is 13.8 Å². The molecule has 0 aliphatic carbocycles. The number of hydrogen-bond acceptors (Lipinski definition) is 3. The van der Waals surface area contributed by atoms with Gasteiger partial charge in [-0.25, -0.2) is 4.98 Å². The van der Waals surface area contributed by atoms with Crippen LogP contribution in [0.5, 0.6) is 0 Å². The van der Waals surface area contributed by atoms with Crippen molar-refractivity contribution in [1.82, 2.24) is 15.0 Å². The predicted octanol–water partition coefficient (Wildman–Crippen LogP) is 4.27. The standard InChI is InChI=1S/C21H17N3O/c1-13-5-7-15(8-6-13)19-12-23-20-17(10-14(2)11-18(20)24-19)16-4-3-9-22-21(16)25/h3-12H,1-2H3,(H,22,25). The smallest absolute Gasteiger partial charge is 0.255 e. The van der Waals surface area contributed by atoms with Gasteiger partial charge in [-0.3, -0.25) is 9.78 Å². The Balaban J connectivity index is 1.94. The minimum absolute atomic E-state index is 0.126. The van der Waals surface area contributed by atoms with Gasteiger partial charge in [0.25, 0.3) is 5.56 Å². The van der Waals surface area contributed by atoms with E-state index >= 15 is 0 Å². The summed E-state index contributed by atoms with van der Waals surface area (Å²) in [5, 5.41) is 0. The van der Waals surface area contributed by atoms with Gasteiger partial charge in [0, 0.05) is 22.9 Å². The van der Waals surface area contributed by atoms with E-state index in [1.807, 2.05) is 43.3 Å². The molecular weight excluding hydrogens is 310 g/mol. The average molecular weight is 327 g/mol. The number of fused-ring (bicyclic) bond motifs is 1. The average Bonchev–Trinajstić information content (AvgIpc) is 2.61. The van der Waals surface area contributed by atoms with Crippen LogP contribution >= 0.6 is 0 Å². The van der Waals surface area contributed by atoms with E-state index in [-0.39, 0.29) is 5.56 Å². The Morgan fingerprint density at radius 2 is 1.72 bits per heavy atom.